The fraction of sp³-hybridized carbons (Fsp3) is 0.667. The Bertz CT molecular complexity index is 80.5. The van der Waals surface area contributed by atoms with Gasteiger partial charge in [0.05, 0.1) is 6.17 Å². The van der Waals surface area contributed by atoms with E-state index in [1.54, 1.807) is 0 Å². The van der Waals surface area contributed by atoms with Gasteiger partial charge in [-0.15, -0.1) is 0 Å². The zero-order valence-corrected chi connectivity index (χ0v) is 5.52. The summed E-state index contributed by atoms with van der Waals surface area (Å²) >= 11 is 0. The molecular formula is C6H14N2. The molecule has 0 aromatic heterocycles. The van der Waals surface area contributed by atoms with Crippen LogP contribution < -0.4 is 11.5 Å². The first kappa shape index (κ1) is 7.66. The van der Waals surface area contributed by atoms with Gasteiger partial charge >= 0.3 is 0 Å². The van der Waals surface area contributed by atoms with Gasteiger partial charge in [-0.3, -0.25) is 0 Å². The number of allylic oxidation sites excluding steroid dienone is 1. The van der Waals surface area contributed by atoms with Gasteiger partial charge in [0.15, 0.2) is 0 Å². The average Bonchev–Trinajstić information content (AvgIpc) is 1.61. The van der Waals surface area contributed by atoms with Crippen LogP contribution in [0.1, 0.15) is 20.3 Å². The summed E-state index contributed by atoms with van der Waals surface area (Å²) in [6, 6.07) is 0. The van der Waals surface area contributed by atoms with E-state index in [0.717, 1.165) is 6.42 Å². The number of hydrogen-bond acceptors (Lipinski definition) is 2. The maximum atomic E-state index is 5.27. The topological polar surface area (TPSA) is 52.0 Å². The lowest BCUT2D eigenvalue weighted by molar-refractivity contribution is 0.717. The van der Waals surface area contributed by atoms with Crippen LogP contribution >= 0.6 is 0 Å². The molecule has 8 heavy (non-hydrogen) atoms. The van der Waals surface area contributed by atoms with Gasteiger partial charge in [0.2, 0.25) is 0 Å². The van der Waals surface area contributed by atoms with Gasteiger partial charge in [-0.25, -0.2) is 0 Å². The second-order valence-electron chi connectivity index (χ2n) is 2.18. The normalized spacial score (nSPS) is 9.62. The lowest BCUT2D eigenvalue weighted by atomic mass is 10.2. The highest BCUT2D eigenvalue weighted by Gasteiger charge is 1.86. The molecule has 4 N–H and O–H groups in total. The van der Waals surface area contributed by atoms with Gasteiger partial charge in [0, 0.05) is 0 Å². The molecule has 0 rings (SSSR count). The molecule has 0 aliphatic carbocycles. The fourth-order valence-corrected chi connectivity index (χ4v) is 0.372. The minimum atomic E-state index is -0.190. The average molecular weight is 114 g/mol. The van der Waals surface area contributed by atoms with Crippen LogP contribution in [0.2, 0.25) is 0 Å². The third kappa shape index (κ3) is 5.66. The van der Waals surface area contributed by atoms with E-state index in [1.165, 1.54) is 5.57 Å². The van der Waals surface area contributed by atoms with Crippen LogP contribution in [0.3, 0.4) is 0 Å². The molecule has 0 saturated heterocycles. The van der Waals surface area contributed by atoms with Gasteiger partial charge in [-0.05, 0) is 20.3 Å². The SMILES string of the molecule is CC(C)=CCC(N)N. The summed E-state index contributed by atoms with van der Waals surface area (Å²) in [6.07, 6.45) is 2.62. The van der Waals surface area contributed by atoms with E-state index in [0.29, 0.717) is 0 Å². The predicted octanol–water partition coefficient (Wildman–Crippen LogP) is 0.586. The number of nitrogens with two attached hydrogens (primary N) is 2. The molecule has 0 aromatic carbocycles. The molecule has 0 spiro atoms. The van der Waals surface area contributed by atoms with E-state index >= 15 is 0 Å². The van der Waals surface area contributed by atoms with E-state index in [2.05, 4.69) is 0 Å². The first-order valence-electron chi connectivity index (χ1n) is 2.77. The molecule has 0 heterocycles. The molecule has 0 aliphatic rings. The van der Waals surface area contributed by atoms with Crippen molar-refractivity contribution in [2.45, 2.75) is 26.4 Å². The van der Waals surface area contributed by atoms with Crippen LogP contribution in [0.4, 0.5) is 0 Å². The molecule has 0 radical (unpaired) electrons. The quantitative estimate of drug-likeness (QED) is 0.407. The van der Waals surface area contributed by atoms with Crippen molar-refractivity contribution in [2.75, 3.05) is 0 Å². The summed E-state index contributed by atoms with van der Waals surface area (Å²) in [5.41, 5.74) is 11.8. The molecule has 0 aliphatic heterocycles. The Morgan fingerprint density at radius 1 is 1.50 bits per heavy atom. The number of hydrogen-bond donors (Lipinski definition) is 2. The van der Waals surface area contributed by atoms with Crippen LogP contribution in [0.25, 0.3) is 0 Å². The Labute approximate surface area is 50.6 Å². The van der Waals surface area contributed by atoms with Crippen LogP contribution in [0.15, 0.2) is 11.6 Å². The van der Waals surface area contributed by atoms with Crippen molar-refractivity contribution >= 4 is 0 Å². The molecule has 0 saturated carbocycles. The molecule has 2 heteroatoms. The number of rotatable bonds is 2. The molecule has 0 fully saturated rings. The Morgan fingerprint density at radius 2 is 2.00 bits per heavy atom. The maximum Gasteiger partial charge on any atom is 0.0556 e. The maximum absolute atomic E-state index is 5.27. The standard InChI is InChI=1S/C6H14N2/c1-5(2)3-4-6(7)8/h3,6H,4,7-8H2,1-2H3. The molecule has 0 amide bonds. The summed E-state index contributed by atoms with van der Waals surface area (Å²) in [7, 11) is 0. The molecular weight excluding hydrogens is 100 g/mol. The van der Waals surface area contributed by atoms with Gasteiger partial charge in [0.1, 0.15) is 0 Å². The van der Waals surface area contributed by atoms with Crippen molar-refractivity contribution in [1.82, 2.24) is 0 Å². The van der Waals surface area contributed by atoms with E-state index in [4.69, 9.17) is 11.5 Å². The highest BCUT2D eigenvalue weighted by atomic mass is 14.8. The Hall–Kier alpha value is -0.340. The van der Waals surface area contributed by atoms with Crippen LogP contribution in [-0.4, -0.2) is 6.17 Å². The zero-order chi connectivity index (χ0) is 6.57. The van der Waals surface area contributed by atoms with Crippen LogP contribution in [0, 0.1) is 0 Å². The lowest BCUT2D eigenvalue weighted by Gasteiger charge is -1.98. The van der Waals surface area contributed by atoms with E-state index in [9.17, 15) is 0 Å². The zero-order valence-electron chi connectivity index (χ0n) is 5.52. The molecule has 0 atom stereocenters. The summed E-state index contributed by atoms with van der Waals surface area (Å²) < 4.78 is 0. The first-order valence-corrected chi connectivity index (χ1v) is 2.77. The summed E-state index contributed by atoms with van der Waals surface area (Å²) in [6.45, 7) is 4.06. The minimum absolute atomic E-state index is 0.190. The van der Waals surface area contributed by atoms with Crippen molar-refractivity contribution in [3.63, 3.8) is 0 Å². The van der Waals surface area contributed by atoms with E-state index in [1.807, 2.05) is 19.9 Å². The fourth-order valence-electron chi connectivity index (χ4n) is 0.372. The second-order valence-corrected chi connectivity index (χ2v) is 2.18. The smallest absolute Gasteiger partial charge is 0.0556 e. The highest BCUT2D eigenvalue weighted by molar-refractivity contribution is 4.93. The first-order chi connectivity index (χ1) is 3.63. The van der Waals surface area contributed by atoms with Gasteiger partial charge in [-0.1, -0.05) is 11.6 Å². The van der Waals surface area contributed by atoms with Gasteiger partial charge < -0.3 is 11.5 Å². The monoisotopic (exact) mass is 114 g/mol. The third-order valence-electron chi connectivity index (χ3n) is 0.798. The van der Waals surface area contributed by atoms with Crippen LogP contribution in [0.5, 0.6) is 0 Å². The second kappa shape index (κ2) is 3.64. The largest absolute Gasteiger partial charge is 0.316 e. The van der Waals surface area contributed by atoms with Crippen molar-refractivity contribution in [3.8, 4) is 0 Å². The van der Waals surface area contributed by atoms with Crippen molar-refractivity contribution in [1.29, 1.82) is 0 Å². The summed E-state index contributed by atoms with van der Waals surface area (Å²) in [5, 5.41) is 0. The summed E-state index contributed by atoms with van der Waals surface area (Å²) in [5.74, 6) is 0. The van der Waals surface area contributed by atoms with Gasteiger partial charge in [0.25, 0.3) is 0 Å². The molecule has 0 aromatic rings. The molecule has 48 valence electrons. The Morgan fingerprint density at radius 3 is 2.12 bits per heavy atom. The predicted molar refractivity (Wildman–Crippen MR) is 36.2 cm³/mol. The third-order valence-corrected chi connectivity index (χ3v) is 0.798. The molecule has 0 bridgehead atoms. The minimum Gasteiger partial charge on any atom is -0.316 e. The van der Waals surface area contributed by atoms with Crippen LogP contribution in [-0.2, 0) is 0 Å². The molecule has 2 nitrogen and oxygen atoms in total. The Kier molecular flexibility index (Phi) is 3.48. The highest BCUT2D eigenvalue weighted by Crippen LogP contribution is 1.91. The van der Waals surface area contributed by atoms with Gasteiger partial charge in [-0.2, -0.15) is 0 Å². The molecule has 0 unspecified atom stereocenters. The van der Waals surface area contributed by atoms with Crippen molar-refractivity contribution in [2.24, 2.45) is 11.5 Å². The van der Waals surface area contributed by atoms with Crippen molar-refractivity contribution < 1.29 is 0 Å². The summed E-state index contributed by atoms with van der Waals surface area (Å²) in [4.78, 5) is 0. The van der Waals surface area contributed by atoms with Crippen molar-refractivity contribution in [3.05, 3.63) is 11.6 Å². The van der Waals surface area contributed by atoms with E-state index < -0.39 is 0 Å². The van der Waals surface area contributed by atoms with E-state index in [-0.39, 0.29) is 6.17 Å². The lowest BCUT2D eigenvalue weighted by Crippen LogP contribution is -2.29. The Balaban J connectivity index is 3.29.